The van der Waals surface area contributed by atoms with Crippen LogP contribution < -0.4 is 20.1 Å². The summed E-state index contributed by atoms with van der Waals surface area (Å²) in [5.41, 5.74) is 1.08. The molecule has 10 heteroatoms. The van der Waals surface area contributed by atoms with E-state index in [2.05, 4.69) is 25.8 Å². The van der Waals surface area contributed by atoms with Crippen molar-refractivity contribution < 1.29 is 14.3 Å². The van der Waals surface area contributed by atoms with Crippen molar-refractivity contribution in [2.24, 2.45) is 0 Å². The number of anilines is 3. The molecule has 0 fully saturated rings. The highest BCUT2D eigenvalue weighted by Gasteiger charge is 2.14. The van der Waals surface area contributed by atoms with Crippen LogP contribution in [0.15, 0.2) is 23.6 Å². The zero-order valence-electron chi connectivity index (χ0n) is 13.7. The number of hydrogen-bond acceptors (Lipinski definition) is 9. The van der Waals surface area contributed by atoms with E-state index in [0.717, 1.165) is 10.7 Å². The highest BCUT2D eigenvalue weighted by atomic mass is 32.1. The first-order chi connectivity index (χ1) is 12.1. The van der Waals surface area contributed by atoms with Gasteiger partial charge in [-0.05, 0) is 19.1 Å². The fourth-order valence-corrected chi connectivity index (χ4v) is 3.28. The molecule has 0 aliphatic rings. The summed E-state index contributed by atoms with van der Waals surface area (Å²) in [5, 5.41) is 17.0. The third kappa shape index (κ3) is 4.03. The number of carbonyl (C=O) groups excluding carboxylic acids is 1. The Morgan fingerprint density at radius 2 is 1.92 bits per heavy atom. The molecule has 0 bridgehead atoms. The molecular weight excluding hydrogens is 362 g/mol. The van der Waals surface area contributed by atoms with E-state index < -0.39 is 0 Å². The fourth-order valence-electron chi connectivity index (χ4n) is 1.98. The summed E-state index contributed by atoms with van der Waals surface area (Å²) >= 11 is 2.63. The smallest absolute Gasteiger partial charge is 0.277 e. The van der Waals surface area contributed by atoms with Crippen LogP contribution in [0, 0.1) is 6.92 Å². The van der Waals surface area contributed by atoms with Gasteiger partial charge in [0.2, 0.25) is 5.13 Å². The minimum absolute atomic E-state index is 0.306. The van der Waals surface area contributed by atoms with Crippen LogP contribution in [0.2, 0.25) is 0 Å². The van der Waals surface area contributed by atoms with Crippen LogP contribution in [0.4, 0.5) is 16.0 Å². The predicted molar refractivity (Wildman–Crippen MR) is 97.5 cm³/mol. The van der Waals surface area contributed by atoms with E-state index in [1.54, 1.807) is 31.7 Å². The molecule has 0 spiro atoms. The maximum Gasteiger partial charge on any atom is 0.277 e. The van der Waals surface area contributed by atoms with Gasteiger partial charge in [-0.1, -0.05) is 11.3 Å². The Bertz CT molecular complexity index is 893. The molecule has 2 heterocycles. The summed E-state index contributed by atoms with van der Waals surface area (Å²) < 4.78 is 10.5. The summed E-state index contributed by atoms with van der Waals surface area (Å²) in [6, 6.07) is 5.43. The topological polar surface area (TPSA) is 98.3 Å². The van der Waals surface area contributed by atoms with Crippen LogP contribution in [0.3, 0.4) is 0 Å². The van der Waals surface area contributed by atoms with E-state index in [1.165, 1.54) is 22.7 Å². The van der Waals surface area contributed by atoms with E-state index in [0.29, 0.717) is 27.5 Å². The lowest BCUT2D eigenvalue weighted by atomic mass is 10.3. The van der Waals surface area contributed by atoms with Gasteiger partial charge >= 0.3 is 0 Å². The van der Waals surface area contributed by atoms with Crippen molar-refractivity contribution in [3.8, 4) is 11.5 Å². The SMILES string of the molecule is COc1ccc(Nc2nc(C(=O)Nc3nnc(C)s3)cs2)cc1OC. The monoisotopic (exact) mass is 377 g/mol. The van der Waals surface area contributed by atoms with Gasteiger partial charge in [0.1, 0.15) is 10.7 Å². The summed E-state index contributed by atoms with van der Waals surface area (Å²) in [4.78, 5) is 16.5. The second-order valence-electron chi connectivity index (χ2n) is 4.81. The first-order valence-corrected chi connectivity index (χ1v) is 8.84. The largest absolute Gasteiger partial charge is 0.493 e. The average Bonchev–Trinajstić information content (AvgIpc) is 3.24. The zero-order chi connectivity index (χ0) is 17.8. The Morgan fingerprint density at radius 1 is 1.12 bits per heavy atom. The van der Waals surface area contributed by atoms with Crippen LogP contribution >= 0.6 is 22.7 Å². The molecule has 3 aromatic rings. The summed E-state index contributed by atoms with van der Waals surface area (Å²) in [6.07, 6.45) is 0. The van der Waals surface area contributed by atoms with E-state index in [1.807, 2.05) is 13.0 Å². The second-order valence-corrected chi connectivity index (χ2v) is 6.85. The molecule has 3 rings (SSSR count). The van der Waals surface area contributed by atoms with Gasteiger partial charge in [0.05, 0.1) is 14.2 Å². The lowest BCUT2D eigenvalue weighted by molar-refractivity contribution is 0.102. The summed E-state index contributed by atoms with van der Waals surface area (Å²) in [5.74, 6) is 0.918. The standard InChI is InChI=1S/C15H15N5O3S2/c1-8-19-20-15(25-8)18-13(21)10-7-24-14(17-10)16-9-4-5-11(22-2)12(6-9)23-3/h4-7H,1-3H3,(H,16,17)(H,18,20,21). The number of aromatic nitrogens is 3. The Labute approximate surface area is 151 Å². The molecular formula is C15H15N5O3S2. The minimum atomic E-state index is -0.326. The van der Waals surface area contributed by atoms with Gasteiger partial charge in [-0.2, -0.15) is 0 Å². The van der Waals surface area contributed by atoms with Crippen molar-refractivity contribution in [3.05, 3.63) is 34.3 Å². The molecule has 1 aromatic carbocycles. The number of ether oxygens (including phenoxy) is 2. The Balaban J connectivity index is 1.70. The Kier molecular flexibility index (Phi) is 5.10. The Morgan fingerprint density at radius 3 is 2.60 bits per heavy atom. The van der Waals surface area contributed by atoms with Gasteiger partial charge in [-0.15, -0.1) is 21.5 Å². The molecule has 8 nitrogen and oxygen atoms in total. The molecule has 0 atom stereocenters. The van der Waals surface area contributed by atoms with Crippen LogP contribution in [-0.2, 0) is 0 Å². The second kappa shape index (κ2) is 7.45. The fraction of sp³-hybridized carbons (Fsp3) is 0.200. The van der Waals surface area contributed by atoms with Crippen molar-refractivity contribution in [2.75, 3.05) is 24.9 Å². The first-order valence-electron chi connectivity index (χ1n) is 7.15. The van der Waals surface area contributed by atoms with Crippen LogP contribution in [0.1, 0.15) is 15.5 Å². The summed E-state index contributed by atoms with van der Waals surface area (Å²) in [7, 11) is 3.15. The molecule has 0 saturated heterocycles. The molecule has 0 saturated carbocycles. The number of carbonyl (C=O) groups is 1. The van der Waals surface area contributed by atoms with Gasteiger partial charge in [0.15, 0.2) is 16.6 Å². The van der Waals surface area contributed by atoms with Gasteiger partial charge in [0, 0.05) is 17.1 Å². The maximum atomic E-state index is 12.2. The van der Waals surface area contributed by atoms with Gasteiger partial charge in [-0.3, -0.25) is 10.1 Å². The zero-order valence-corrected chi connectivity index (χ0v) is 15.3. The molecule has 0 aliphatic carbocycles. The highest BCUT2D eigenvalue weighted by molar-refractivity contribution is 7.15. The molecule has 0 radical (unpaired) electrons. The van der Waals surface area contributed by atoms with Crippen LogP contribution in [0.5, 0.6) is 11.5 Å². The summed E-state index contributed by atoms with van der Waals surface area (Å²) in [6.45, 7) is 1.82. The maximum absolute atomic E-state index is 12.2. The molecule has 2 aromatic heterocycles. The number of nitrogens with one attached hydrogen (secondary N) is 2. The average molecular weight is 377 g/mol. The van der Waals surface area contributed by atoms with Crippen molar-refractivity contribution in [2.45, 2.75) is 6.92 Å². The van der Waals surface area contributed by atoms with Gasteiger partial charge < -0.3 is 14.8 Å². The van der Waals surface area contributed by atoms with Gasteiger partial charge in [0.25, 0.3) is 5.91 Å². The van der Waals surface area contributed by atoms with E-state index in [9.17, 15) is 4.79 Å². The molecule has 0 aliphatic heterocycles. The van der Waals surface area contributed by atoms with Crippen LogP contribution in [-0.4, -0.2) is 35.3 Å². The molecule has 1 amide bonds. The molecule has 25 heavy (non-hydrogen) atoms. The number of amides is 1. The third-order valence-corrected chi connectivity index (χ3v) is 4.63. The highest BCUT2D eigenvalue weighted by Crippen LogP contribution is 2.31. The lowest BCUT2D eigenvalue weighted by Crippen LogP contribution is -2.12. The quantitative estimate of drug-likeness (QED) is 0.680. The molecule has 2 N–H and O–H groups in total. The predicted octanol–water partition coefficient (Wildman–Crippen LogP) is 3.32. The van der Waals surface area contributed by atoms with Crippen molar-refractivity contribution in [1.82, 2.24) is 15.2 Å². The number of rotatable bonds is 6. The third-order valence-electron chi connectivity index (χ3n) is 3.12. The lowest BCUT2D eigenvalue weighted by Gasteiger charge is -2.09. The van der Waals surface area contributed by atoms with Crippen molar-refractivity contribution in [1.29, 1.82) is 0 Å². The molecule has 0 unspecified atom stereocenters. The van der Waals surface area contributed by atoms with Crippen LogP contribution in [0.25, 0.3) is 0 Å². The number of nitrogens with zero attached hydrogens (tertiary/aromatic N) is 3. The van der Waals surface area contributed by atoms with Gasteiger partial charge in [-0.25, -0.2) is 4.98 Å². The van der Waals surface area contributed by atoms with E-state index in [-0.39, 0.29) is 5.91 Å². The number of aryl methyl sites for hydroxylation is 1. The minimum Gasteiger partial charge on any atom is -0.493 e. The number of hydrogen-bond donors (Lipinski definition) is 2. The number of thiazole rings is 1. The Hall–Kier alpha value is -2.72. The normalized spacial score (nSPS) is 10.4. The van der Waals surface area contributed by atoms with Crippen molar-refractivity contribution >= 4 is 44.5 Å². The van der Waals surface area contributed by atoms with E-state index in [4.69, 9.17) is 9.47 Å². The van der Waals surface area contributed by atoms with E-state index >= 15 is 0 Å². The van der Waals surface area contributed by atoms with Crippen molar-refractivity contribution in [3.63, 3.8) is 0 Å². The number of benzene rings is 1. The molecule has 130 valence electrons. The first kappa shape index (κ1) is 17.1. The number of methoxy groups -OCH3 is 2.